The van der Waals surface area contributed by atoms with Crippen LogP contribution in [0.2, 0.25) is 0 Å². The molecule has 1 aliphatic carbocycles. The highest BCUT2D eigenvalue weighted by molar-refractivity contribution is 5.42. The molecule has 0 saturated heterocycles. The van der Waals surface area contributed by atoms with Gasteiger partial charge in [0, 0.05) is 25.9 Å². The Kier molecular flexibility index (Phi) is 3.53. The van der Waals surface area contributed by atoms with Gasteiger partial charge in [-0.25, -0.2) is 4.98 Å². The zero-order valence-electron chi connectivity index (χ0n) is 11.6. The highest BCUT2D eigenvalue weighted by Gasteiger charge is 2.24. The van der Waals surface area contributed by atoms with Gasteiger partial charge in [0.05, 0.1) is 17.5 Å². The smallest absolute Gasteiger partial charge is 0.137 e. The second-order valence-electron chi connectivity index (χ2n) is 5.32. The molecule has 3 rings (SSSR count). The number of hydrogen-bond donors (Lipinski definition) is 1. The minimum absolute atomic E-state index is 0.431. The molecule has 2 aromatic heterocycles. The van der Waals surface area contributed by atoms with Crippen LogP contribution in [0, 0.1) is 6.92 Å². The predicted octanol–water partition coefficient (Wildman–Crippen LogP) is 2.30. The summed E-state index contributed by atoms with van der Waals surface area (Å²) >= 11 is 0. The minimum Gasteiger partial charge on any atom is -0.381 e. The second kappa shape index (κ2) is 5.31. The normalized spacial score (nSPS) is 23.3. The Balaban J connectivity index is 1.70. The number of aryl methyl sites for hydroxylation is 1. The molecule has 1 N–H and O–H groups in total. The van der Waals surface area contributed by atoms with E-state index in [-0.39, 0.29) is 0 Å². The average molecular weight is 259 g/mol. The zero-order chi connectivity index (χ0) is 13.2. The molecule has 0 spiro atoms. The summed E-state index contributed by atoms with van der Waals surface area (Å²) < 4.78 is 7.59. The van der Waals surface area contributed by atoms with Gasteiger partial charge in [-0.15, -0.1) is 0 Å². The maximum absolute atomic E-state index is 5.41. The SMILES string of the molecule is COC1CCC(NCc2c(C)nc3ccccn23)C1. The summed E-state index contributed by atoms with van der Waals surface area (Å²) in [5.41, 5.74) is 3.40. The van der Waals surface area contributed by atoms with Crippen molar-refractivity contribution in [3.05, 3.63) is 35.8 Å². The summed E-state index contributed by atoms with van der Waals surface area (Å²) in [6.07, 6.45) is 6.00. The molecule has 0 aliphatic heterocycles. The molecular formula is C15H21N3O. The van der Waals surface area contributed by atoms with Crippen molar-refractivity contribution in [2.75, 3.05) is 7.11 Å². The highest BCUT2D eigenvalue weighted by atomic mass is 16.5. The van der Waals surface area contributed by atoms with Gasteiger partial charge in [-0.2, -0.15) is 0 Å². The van der Waals surface area contributed by atoms with Crippen molar-refractivity contribution in [3.63, 3.8) is 0 Å². The molecule has 0 aromatic carbocycles. The average Bonchev–Trinajstić information content (AvgIpc) is 3.00. The van der Waals surface area contributed by atoms with Gasteiger partial charge in [-0.05, 0) is 38.3 Å². The van der Waals surface area contributed by atoms with Crippen molar-refractivity contribution in [1.29, 1.82) is 0 Å². The summed E-state index contributed by atoms with van der Waals surface area (Å²) in [5.74, 6) is 0. The van der Waals surface area contributed by atoms with Gasteiger partial charge in [-0.1, -0.05) is 6.07 Å². The first-order valence-electron chi connectivity index (χ1n) is 6.96. The van der Waals surface area contributed by atoms with E-state index in [2.05, 4.69) is 27.8 Å². The van der Waals surface area contributed by atoms with Gasteiger partial charge >= 0.3 is 0 Å². The number of rotatable bonds is 4. The number of ether oxygens (including phenoxy) is 1. The zero-order valence-corrected chi connectivity index (χ0v) is 11.6. The van der Waals surface area contributed by atoms with Crippen molar-refractivity contribution in [2.24, 2.45) is 0 Å². The molecule has 0 radical (unpaired) electrons. The Bertz CT molecular complexity index is 564. The molecule has 2 heterocycles. The summed E-state index contributed by atoms with van der Waals surface area (Å²) in [4.78, 5) is 4.59. The van der Waals surface area contributed by atoms with Crippen LogP contribution < -0.4 is 5.32 Å². The molecule has 2 aromatic rings. The van der Waals surface area contributed by atoms with Crippen molar-refractivity contribution in [2.45, 2.75) is 44.9 Å². The van der Waals surface area contributed by atoms with Crippen molar-refractivity contribution in [1.82, 2.24) is 14.7 Å². The summed E-state index contributed by atoms with van der Waals surface area (Å²) in [7, 11) is 1.81. The predicted molar refractivity (Wildman–Crippen MR) is 75.2 cm³/mol. The maximum Gasteiger partial charge on any atom is 0.137 e. The molecule has 2 unspecified atom stereocenters. The third-order valence-corrected chi connectivity index (χ3v) is 4.11. The molecule has 1 aliphatic rings. The standard InChI is InChI=1S/C15H21N3O/c1-11-14(18-8-4-3-5-15(18)17-11)10-16-12-6-7-13(9-12)19-2/h3-5,8,12-13,16H,6-7,9-10H2,1-2H3. The van der Waals surface area contributed by atoms with Gasteiger partial charge in [0.25, 0.3) is 0 Å². The van der Waals surface area contributed by atoms with E-state index in [1.54, 1.807) is 0 Å². The van der Waals surface area contributed by atoms with Gasteiger partial charge < -0.3 is 14.5 Å². The third kappa shape index (κ3) is 2.51. The minimum atomic E-state index is 0.431. The summed E-state index contributed by atoms with van der Waals surface area (Å²) in [5, 5.41) is 3.64. The lowest BCUT2D eigenvalue weighted by Gasteiger charge is -2.13. The van der Waals surface area contributed by atoms with E-state index < -0.39 is 0 Å². The number of hydrogen-bond acceptors (Lipinski definition) is 3. The Morgan fingerprint density at radius 3 is 3.11 bits per heavy atom. The van der Waals surface area contributed by atoms with E-state index in [9.17, 15) is 0 Å². The Labute approximate surface area is 113 Å². The van der Waals surface area contributed by atoms with Crippen LogP contribution in [0.15, 0.2) is 24.4 Å². The molecule has 1 saturated carbocycles. The fourth-order valence-corrected chi connectivity index (χ4v) is 2.96. The van der Waals surface area contributed by atoms with Crippen LogP contribution in [0.4, 0.5) is 0 Å². The quantitative estimate of drug-likeness (QED) is 0.915. The topological polar surface area (TPSA) is 38.6 Å². The highest BCUT2D eigenvalue weighted by Crippen LogP contribution is 2.22. The number of nitrogens with one attached hydrogen (secondary N) is 1. The number of imidazole rings is 1. The summed E-state index contributed by atoms with van der Waals surface area (Å²) in [6, 6.07) is 6.69. The Hall–Kier alpha value is -1.39. The lowest BCUT2D eigenvalue weighted by molar-refractivity contribution is 0.107. The molecule has 1 fully saturated rings. The largest absolute Gasteiger partial charge is 0.381 e. The van der Waals surface area contributed by atoms with Crippen LogP contribution >= 0.6 is 0 Å². The van der Waals surface area contributed by atoms with E-state index in [1.165, 1.54) is 18.5 Å². The molecule has 4 heteroatoms. The molecule has 2 atom stereocenters. The molecule has 19 heavy (non-hydrogen) atoms. The first kappa shape index (κ1) is 12.6. The van der Waals surface area contributed by atoms with Crippen molar-refractivity contribution >= 4 is 5.65 Å². The van der Waals surface area contributed by atoms with Gasteiger partial charge in [0.2, 0.25) is 0 Å². The Morgan fingerprint density at radius 1 is 1.42 bits per heavy atom. The molecule has 0 bridgehead atoms. The van der Waals surface area contributed by atoms with Crippen LogP contribution in [0.3, 0.4) is 0 Å². The maximum atomic E-state index is 5.41. The molecule has 0 amide bonds. The monoisotopic (exact) mass is 259 g/mol. The van der Waals surface area contributed by atoms with Crippen LogP contribution in [0.25, 0.3) is 5.65 Å². The van der Waals surface area contributed by atoms with Crippen LogP contribution in [-0.2, 0) is 11.3 Å². The fourth-order valence-electron chi connectivity index (χ4n) is 2.96. The fraction of sp³-hybridized carbons (Fsp3) is 0.533. The van der Waals surface area contributed by atoms with Crippen molar-refractivity contribution < 1.29 is 4.74 Å². The number of aromatic nitrogens is 2. The van der Waals surface area contributed by atoms with E-state index in [0.717, 1.165) is 24.3 Å². The van der Waals surface area contributed by atoms with E-state index >= 15 is 0 Å². The number of nitrogens with zero attached hydrogens (tertiary/aromatic N) is 2. The number of fused-ring (bicyclic) bond motifs is 1. The van der Waals surface area contributed by atoms with E-state index in [1.807, 2.05) is 25.3 Å². The van der Waals surface area contributed by atoms with Crippen LogP contribution in [0.1, 0.15) is 30.7 Å². The molecular weight excluding hydrogens is 238 g/mol. The van der Waals surface area contributed by atoms with Gasteiger partial charge in [-0.3, -0.25) is 0 Å². The van der Waals surface area contributed by atoms with E-state index in [4.69, 9.17) is 4.74 Å². The lowest BCUT2D eigenvalue weighted by atomic mass is 10.2. The second-order valence-corrected chi connectivity index (χ2v) is 5.32. The van der Waals surface area contributed by atoms with E-state index in [0.29, 0.717) is 12.1 Å². The third-order valence-electron chi connectivity index (χ3n) is 4.11. The first-order valence-corrected chi connectivity index (χ1v) is 6.96. The van der Waals surface area contributed by atoms with Crippen LogP contribution in [0.5, 0.6) is 0 Å². The molecule has 4 nitrogen and oxygen atoms in total. The van der Waals surface area contributed by atoms with Gasteiger partial charge in [0.1, 0.15) is 5.65 Å². The van der Waals surface area contributed by atoms with Gasteiger partial charge in [0.15, 0.2) is 0 Å². The van der Waals surface area contributed by atoms with Crippen molar-refractivity contribution in [3.8, 4) is 0 Å². The lowest BCUT2D eigenvalue weighted by Crippen LogP contribution is -2.27. The number of methoxy groups -OCH3 is 1. The Morgan fingerprint density at radius 2 is 2.32 bits per heavy atom. The first-order chi connectivity index (χ1) is 9.28. The number of pyridine rings is 1. The van der Waals surface area contributed by atoms with Crippen LogP contribution in [-0.4, -0.2) is 28.6 Å². The summed E-state index contributed by atoms with van der Waals surface area (Å²) in [6.45, 7) is 2.95. The molecule has 102 valence electrons.